The topological polar surface area (TPSA) is 91.3 Å². The lowest BCUT2D eigenvalue weighted by Gasteiger charge is -2.27. The number of aromatic hydroxyl groups is 1. The van der Waals surface area contributed by atoms with Gasteiger partial charge in [-0.1, -0.05) is 43.7 Å². The molecule has 7 nitrogen and oxygen atoms in total. The Labute approximate surface area is 198 Å². The van der Waals surface area contributed by atoms with Crippen LogP contribution in [0.25, 0.3) is 11.3 Å². The molecule has 1 atom stereocenters. The molecule has 0 saturated heterocycles. The first-order valence-corrected chi connectivity index (χ1v) is 11.5. The second-order valence-corrected chi connectivity index (χ2v) is 8.35. The minimum absolute atomic E-state index is 0.116. The highest BCUT2D eigenvalue weighted by atomic mass is 16.5. The Kier molecular flexibility index (Phi) is 5.99. The average Bonchev–Trinajstić information content (AvgIpc) is 3.40. The van der Waals surface area contributed by atoms with Crippen LogP contribution in [0.1, 0.15) is 53.0 Å². The third-order valence-electron chi connectivity index (χ3n) is 6.04. The Morgan fingerprint density at radius 2 is 2.00 bits per heavy atom. The number of pyridine rings is 1. The Bertz CT molecular complexity index is 1300. The van der Waals surface area contributed by atoms with Crippen molar-refractivity contribution in [1.29, 1.82) is 0 Å². The van der Waals surface area contributed by atoms with Crippen molar-refractivity contribution < 1.29 is 14.6 Å². The van der Waals surface area contributed by atoms with E-state index in [1.54, 1.807) is 30.6 Å². The van der Waals surface area contributed by atoms with Crippen molar-refractivity contribution in [1.82, 2.24) is 20.1 Å². The van der Waals surface area contributed by atoms with Crippen molar-refractivity contribution in [3.63, 3.8) is 0 Å². The lowest BCUT2D eigenvalue weighted by Crippen LogP contribution is -2.29. The van der Waals surface area contributed by atoms with Crippen LogP contribution < -0.4 is 4.74 Å². The Balaban J connectivity index is 1.61. The van der Waals surface area contributed by atoms with Crippen LogP contribution in [0.15, 0.2) is 73.1 Å². The number of rotatable bonds is 8. The zero-order valence-corrected chi connectivity index (χ0v) is 18.9. The molecule has 3 heterocycles. The molecule has 1 aliphatic rings. The number of nitrogens with zero attached hydrogens (tertiary/aromatic N) is 3. The smallest absolute Gasteiger partial charge is 0.273 e. The molecule has 0 bridgehead atoms. The molecule has 0 fully saturated rings. The molecule has 2 aromatic carbocycles. The molecule has 0 spiro atoms. The van der Waals surface area contributed by atoms with Crippen LogP contribution in [0.3, 0.4) is 0 Å². The number of aromatic nitrogens is 3. The van der Waals surface area contributed by atoms with Gasteiger partial charge in [0.1, 0.15) is 22.9 Å². The van der Waals surface area contributed by atoms with E-state index in [0.29, 0.717) is 30.1 Å². The summed E-state index contributed by atoms with van der Waals surface area (Å²) in [7, 11) is 0. The number of carbonyl (C=O) groups is 1. The van der Waals surface area contributed by atoms with Gasteiger partial charge in [0.15, 0.2) is 0 Å². The number of benzene rings is 2. The molecule has 1 amide bonds. The van der Waals surface area contributed by atoms with Gasteiger partial charge in [-0.2, -0.15) is 5.10 Å². The molecule has 0 aliphatic carbocycles. The van der Waals surface area contributed by atoms with Crippen LogP contribution in [0.2, 0.25) is 0 Å². The lowest BCUT2D eigenvalue weighted by molar-refractivity contribution is 0.0729. The van der Waals surface area contributed by atoms with Crippen LogP contribution in [0.4, 0.5) is 0 Å². The minimum atomic E-state index is -0.397. The van der Waals surface area contributed by atoms with Gasteiger partial charge >= 0.3 is 0 Å². The summed E-state index contributed by atoms with van der Waals surface area (Å²) in [6.45, 7) is 3.16. The molecule has 172 valence electrons. The van der Waals surface area contributed by atoms with Gasteiger partial charge in [0.2, 0.25) is 0 Å². The summed E-state index contributed by atoms with van der Waals surface area (Å²) in [5.74, 6) is 0.737. The normalized spacial score (nSPS) is 14.9. The lowest BCUT2D eigenvalue weighted by atomic mass is 9.95. The number of para-hydroxylation sites is 1. The van der Waals surface area contributed by atoms with Crippen molar-refractivity contribution in [3.05, 3.63) is 95.4 Å². The fourth-order valence-corrected chi connectivity index (χ4v) is 4.38. The molecule has 34 heavy (non-hydrogen) atoms. The summed E-state index contributed by atoms with van der Waals surface area (Å²) in [5, 5.41) is 17.9. The average molecular weight is 455 g/mol. The van der Waals surface area contributed by atoms with Gasteiger partial charge in [-0.15, -0.1) is 0 Å². The third-order valence-corrected chi connectivity index (χ3v) is 6.04. The quantitative estimate of drug-likeness (QED) is 0.361. The summed E-state index contributed by atoms with van der Waals surface area (Å²) < 4.78 is 5.95. The SMILES string of the molecule is CCCCOc1cccc(C2c3c(-c4ccccc4O)n[nH]c3C(=O)N2Cc2cccnc2)c1. The molecule has 0 radical (unpaired) electrons. The van der Waals surface area contributed by atoms with Gasteiger partial charge in [-0.25, -0.2) is 0 Å². The van der Waals surface area contributed by atoms with Crippen molar-refractivity contribution in [2.24, 2.45) is 0 Å². The van der Waals surface area contributed by atoms with E-state index in [1.165, 1.54) is 0 Å². The largest absolute Gasteiger partial charge is 0.507 e. The van der Waals surface area contributed by atoms with Crippen LogP contribution in [0, 0.1) is 0 Å². The number of unbranched alkanes of at least 4 members (excludes halogenated alkanes) is 1. The zero-order valence-electron chi connectivity index (χ0n) is 18.9. The van der Waals surface area contributed by atoms with E-state index in [-0.39, 0.29) is 11.7 Å². The highest BCUT2D eigenvalue weighted by molar-refractivity contribution is 6.00. The maximum absolute atomic E-state index is 13.6. The van der Waals surface area contributed by atoms with E-state index in [0.717, 1.165) is 35.3 Å². The molecule has 1 aliphatic heterocycles. The van der Waals surface area contributed by atoms with Crippen molar-refractivity contribution in [3.8, 4) is 22.8 Å². The Morgan fingerprint density at radius 3 is 2.79 bits per heavy atom. The standard InChI is InChI=1S/C27H26N4O3/c1-2-3-14-34-20-10-6-9-19(15-20)26-23-24(21-11-4-5-12-22(21)32)29-30-25(23)27(33)31(26)17-18-8-7-13-28-16-18/h4-13,15-16,26,32H,2-3,14,17H2,1H3,(H,29,30). The van der Waals surface area contributed by atoms with Gasteiger partial charge in [0.05, 0.1) is 12.6 Å². The molecular weight excluding hydrogens is 428 g/mol. The summed E-state index contributed by atoms with van der Waals surface area (Å²) >= 11 is 0. The van der Waals surface area contributed by atoms with Gasteiger partial charge in [0, 0.05) is 30.1 Å². The predicted molar refractivity (Wildman–Crippen MR) is 128 cm³/mol. The van der Waals surface area contributed by atoms with Gasteiger partial charge in [-0.05, 0) is 47.9 Å². The number of phenolic OH excluding ortho intramolecular Hbond substituents is 1. The number of phenols is 1. The molecule has 1 unspecified atom stereocenters. The van der Waals surface area contributed by atoms with Crippen LogP contribution in [-0.2, 0) is 6.54 Å². The van der Waals surface area contributed by atoms with Gasteiger partial charge in [-0.3, -0.25) is 14.9 Å². The third kappa shape index (κ3) is 4.01. The molecule has 2 N–H and O–H groups in total. The summed E-state index contributed by atoms with van der Waals surface area (Å²) in [6, 6.07) is 18.3. The second-order valence-electron chi connectivity index (χ2n) is 8.35. The highest BCUT2D eigenvalue weighted by Gasteiger charge is 2.42. The van der Waals surface area contributed by atoms with E-state index in [4.69, 9.17) is 4.74 Å². The number of fused-ring (bicyclic) bond motifs is 1. The predicted octanol–water partition coefficient (Wildman–Crippen LogP) is 5.10. The monoisotopic (exact) mass is 454 g/mol. The second kappa shape index (κ2) is 9.39. The number of hydrogen-bond acceptors (Lipinski definition) is 5. The molecule has 7 heteroatoms. The number of hydrogen-bond donors (Lipinski definition) is 2. The van der Waals surface area contributed by atoms with E-state index >= 15 is 0 Å². The van der Waals surface area contributed by atoms with Crippen molar-refractivity contribution in [2.75, 3.05) is 6.61 Å². The van der Waals surface area contributed by atoms with E-state index in [9.17, 15) is 9.90 Å². The fourth-order valence-electron chi connectivity index (χ4n) is 4.38. The fraction of sp³-hybridized carbons (Fsp3) is 0.222. The first kappa shape index (κ1) is 21.7. The number of amides is 1. The Morgan fingerprint density at radius 1 is 1.12 bits per heavy atom. The maximum atomic E-state index is 13.6. The Hall–Kier alpha value is -4.13. The molecular formula is C27H26N4O3. The highest BCUT2D eigenvalue weighted by Crippen LogP contribution is 2.45. The molecule has 0 saturated carbocycles. The van der Waals surface area contributed by atoms with E-state index in [2.05, 4.69) is 22.1 Å². The zero-order chi connectivity index (χ0) is 23.5. The van der Waals surface area contributed by atoms with E-state index < -0.39 is 6.04 Å². The molecule has 2 aromatic heterocycles. The number of carbonyl (C=O) groups excluding carboxylic acids is 1. The summed E-state index contributed by atoms with van der Waals surface area (Å²) in [6.07, 6.45) is 5.51. The van der Waals surface area contributed by atoms with Crippen LogP contribution in [-0.4, -0.2) is 37.7 Å². The van der Waals surface area contributed by atoms with Crippen LogP contribution >= 0.6 is 0 Å². The maximum Gasteiger partial charge on any atom is 0.273 e. The van der Waals surface area contributed by atoms with Gasteiger partial charge < -0.3 is 14.7 Å². The van der Waals surface area contributed by atoms with Crippen LogP contribution in [0.5, 0.6) is 11.5 Å². The van der Waals surface area contributed by atoms with Crippen molar-refractivity contribution in [2.45, 2.75) is 32.4 Å². The number of nitrogens with one attached hydrogen (secondary N) is 1. The number of H-pyrrole nitrogens is 1. The minimum Gasteiger partial charge on any atom is -0.507 e. The number of aromatic amines is 1. The molecule has 4 aromatic rings. The first-order chi connectivity index (χ1) is 16.7. The summed E-state index contributed by atoms with van der Waals surface area (Å²) in [4.78, 5) is 19.6. The summed E-state index contributed by atoms with van der Waals surface area (Å²) in [5.41, 5.74) is 4.18. The van der Waals surface area contributed by atoms with Gasteiger partial charge in [0.25, 0.3) is 5.91 Å². The molecule has 5 rings (SSSR count). The van der Waals surface area contributed by atoms with E-state index in [1.807, 2.05) is 47.4 Å². The first-order valence-electron chi connectivity index (χ1n) is 11.5. The van der Waals surface area contributed by atoms with Crippen molar-refractivity contribution >= 4 is 5.91 Å². The number of ether oxygens (including phenoxy) is 1.